The predicted octanol–water partition coefficient (Wildman–Crippen LogP) is 9.00. The lowest BCUT2D eigenvalue weighted by molar-refractivity contribution is -0.231. The summed E-state index contributed by atoms with van der Waals surface area (Å²) in [5.41, 5.74) is 10.7. The highest BCUT2D eigenvalue weighted by Crippen LogP contribution is 2.79. The first-order valence-electron chi connectivity index (χ1n) is 15.6. The van der Waals surface area contributed by atoms with Gasteiger partial charge in [0.2, 0.25) is 0 Å². The molecule has 0 aliphatic heterocycles. The maximum absolute atomic E-state index is 2.59. The van der Waals surface area contributed by atoms with Gasteiger partial charge in [0.1, 0.15) is 0 Å². The molecule has 0 saturated heterocycles. The van der Waals surface area contributed by atoms with Crippen molar-refractivity contribution < 1.29 is 0 Å². The number of fused-ring (bicyclic) bond motifs is 6. The van der Waals surface area contributed by atoms with Crippen LogP contribution in [0.3, 0.4) is 0 Å². The maximum Gasteiger partial charge on any atom is 0.0543 e. The molecule has 0 N–H and O–H groups in total. The number of para-hydroxylation sites is 2. The molecule has 39 heavy (non-hydrogen) atoms. The minimum absolute atomic E-state index is 0.219. The second kappa shape index (κ2) is 6.69. The molecule has 13 rings (SSSR count). The van der Waals surface area contributed by atoms with Crippen molar-refractivity contribution in [2.24, 2.45) is 47.3 Å². The number of aromatic nitrogens is 1. The Hall–Kier alpha value is -3.32. The summed E-state index contributed by atoms with van der Waals surface area (Å²) in [4.78, 5) is 0. The molecular weight excluding hydrogens is 470 g/mol. The molecule has 1 heterocycles. The Labute approximate surface area is 229 Å². The summed E-state index contributed by atoms with van der Waals surface area (Å²) in [6, 6.07) is 35.1. The summed E-state index contributed by atoms with van der Waals surface area (Å²) < 4.78 is 2.59. The minimum Gasteiger partial charge on any atom is -0.309 e. The third-order valence-electron chi connectivity index (χ3n) is 13.2. The number of rotatable bonds is 1. The van der Waals surface area contributed by atoms with E-state index in [0.717, 1.165) is 47.3 Å². The molecule has 1 spiro atoms. The Morgan fingerprint density at radius 3 is 1.87 bits per heavy atom. The summed E-state index contributed by atoms with van der Waals surface area (Å²) in [6.45, 7) is 0. The summed E-state index contributed by atoms with van der Waals surface area (Å²) in [5, 5.41) is 2.71. The average Bonchev–Trinajstić information content (AvgIpc) is 3.47. The first-order chi connectivity index (χ1) is 19.3. The van der Waals surface area contributed by atoms with E-state index in [-0.39, 0.29) is 5.41 Å². The monoisotopic (exact) mass is 503 g/mol. The van der Waals surface area contributed by atoms with Gasteiger partial charge >= 0.3 is 0 Å². The van der Waals surface area contributed by atoms with E-state index in [0.29, 0.717) is 0 Å². The van der Waals surface area contributed by atoms with E-state index < -0.39 is 0 Å². The number of hydrogen-bond acceptors (Lipinski definition) is 0. The van der Waals surface area contributed by atoms with Gasteiger partial charge in [-0.2, -0.15) is 0 Å². The van der Waals surface area contributed by atoms with E-state index in [1.165, 1.54) is 64.3 Å². The Bertz CT molecular complexity index is 1800. The third-order valence-corrected chi connectivity index (χ3v) is 13.2. The number of hydrogen-bond donors (Lipinski definition) is 0. The van der Waals surface area contributed by atoms with Crippen molar-refractivity contribution in [2.75, 3.05) is 0 Å². The predicted molar refractivity (Wildman–Crippen MR) is 158 cm³/mol. The fraction of sp³-hybridized carbons (Fsp3) is 0.368. The van der Waals surface area contributed by atoms with Crippen molar-refractivity contribution in [2.45, 2.75) is 37.5 Å². The quantitative estimate of drug-likeness (QED) is 0.215. The molecule has 5 unspecified atom stereocenters. The molecular formula is C38H33N. The van der Waals surface area contributed by atoms with Crippen LogP contribution in [0.2, 0.25) is 0 Å². The number of benzene rings is 4. The van der Waals surface area contributed by atoms with E-state index in [1.807, 2.05) is 0 Å². The molecule has 190 valence electrons. The maximum atomic E-state index is 2.59. The minimum atomic E-state index is 0.219. The smallest absolute Gasteiger partial charge is 0.0543 e. The molecule has 4 aromatic carbocycles. The highest BCUT2D eigenvalue weighted by molar-refractivity contribution is 6.10. The number of nitrogens with zero attached hydrogens (tertiary/aromatic N) is 1. The second-order valence-corrected chi connectivity index (χ2v) is 14.1. The Kier molecular flexibility index (Phi) is 3.53. The molecule has 0 amide bonds. The Morgan fingerprint density at radius 1 is 0.538 bits per heavy atom. The van der Waals surface area contributed by atoms with Crippen molar-refractivity contribution in [3.63, 3.8) is 0 Å². The van der Waals surface area contributed by atoms with Gasteiger partial charge in [-0.25, -0.2) is 0 Å². The molecule has 5 atom stereocenters. The zero-order valence-corrected chi connectivity index (χ0v) is 22.3. The van der Waals surface area contributed by atoms with Crippen LogP contribution in [0, 0.1) is 47.3 Å². The Balaban J connectivity index is 1.25. The van der Waals surface area contributed by atoms with Crippen molar-refractivity contribution in [1.82, 2.24) is 4.57 Å². The highest BCUT2D eigenvalue weighted by Gasteiger charge is 2.73. The first-order valence-corrected chi connectivity index (χ1v) is 15.6. The zero-order valence-electron chi connectivity index (χ0n) is 22.3. The van der Waals surface area contributed by atoms with E-state index in [2.05, 4.69) is 95.6 Å². The molecule has 8 aliphatic rings. The molecule has 0 radical (unpaired) electrons. The van der Waals surface area contributed by atoms with Crippen molar-refractivity contribution in [3.8, 4) is 16.8 Å². The van der Waals surface area contributed by atoms with Gasteiger partial charge in [-0.15, -0.1) is 0 Å². The lowest BCUT2D eigenvalue weighted by Crippen LogP contribution is -2.70. The van der Waals surface area contributed by atoms with Gasteiger partial charge in [0.25, 0.3) is 0 Å². The van der Waals surface area contributed by atoms with Crippen LogP contribution in [-0.4, -0.2) is 4.57 Å². The summed E-state index contributed by atoms with van der Waals surface area (Å²) in [5.74, 6) is 7.71. The van der Waals surface area contributed by atoms with Crippen LogP contribution < -0.4 is 0 Å². The van der Waals surface area contributed by atoms with Crippen LogP contribution in [0.5, 0.6) is 0 Å². The average molecular weight is 504 g/mol. The summed E-state index contributed by atoms with van der Waals surface area (Å²) >= 11 is 0. The fourth-order valence-electron chi connectivity index (χ4n) is 12.6. The van der Waals surface area contributed by atoms with Crippen LogP contribution in [0.1, 0.15) is 43.2 Å². The van der Waals surface area contributed by atoms with Crippen molar-refractivity contribution in [3.05, 3.63) is 102 Å². The third kappa shape index (κ3) is 2.14. The van der Waals surface area contributed by atoms with Crippen LogP contribution >= 0.6 is 0 Å². The standard InChI is InChI=1S/C38H33N/c1-4-11-31-25(10-1)36-32(38(31)22-19-27-26-16-21-17-29(27)37(38)30(18-21)28(26)20-22)12-7-15-35(36)39-33-13-5-2-8-23(33)24-9-3-6-14-34(24)39/h1-15,21-22,26-30,37H,16-20H2. The first kappa shape index (κ1) is 20.6. The fourth-order valence-corrected chi connectivity index (χ4v) is 12.6. The molecule has 1 heteroatoms. The van der Waals surface area contributed by atoms with E-state index in [4.69, 9.17) is 0 Å². The largest absolute Gasteiger partial charge is 0.309 e. The molecule has 1 aromatic heterocycles. The van der Waals surface area contributed by atoms with E-state index in [9.17, 15) is 0 Å². The van der Waals surface area contributed by atoms with Gasteiger partial charge in [-0.05, 0) is 114 Å². The van der Waals surface area contributed by atoms with Gasteiger partial charge in [-0.3, -0.25) is 0 Å². The molecule has 7 saturated carbocycles. The summed E-state index contributed by atoms with van der Waals surface area (Å²) in [7, 11) is 0. The van der Waals surface area contributed by atoms with Crippen molar-refractivity contribution in [1.29, 1.82) is 0 Å². The van der Waals surface area contributed by atoms with Gasteiger partial charge in [-0.1, -0.05) is 72.8 Å². The lowest BCUT2D eigenvalue weighted by atomic mass is 9.29. The molecule has 8 bridgehead atoms. The van der Waals surface area contributed by atoms with Gasteiger partial charge in [0.05, 0.1) is 16.7 Å². The topological polar surface area (TPSA) is 4.93 Å². The summed E-state index contributed by atoms with van der Waals surface area (Å²) in [6.07, 6.45) is 7.57. The van der Waals surface area contributed by atoms with Gasteiger partial charge in [0, 0.05) is 21.8 Å². The normalized spacial score (nSPS) is 37.8. The lowest BCUT2D eigenvalue weighted by Gasteiger charge is -2.75. The zero-order chi connectivity index (χ0) is 25.0. The van der Waals surface area contributed by atoms with E-state index >= 15 is 0 Å². The molecule has 1 nitrogen and oxygen atoms in total. The second-order valence-electron chi connectivity index (χ2n) is 14.1. The Morgan fingerprint density at radius 2 is 1.13 bits per heavy atom. The van der Waals surface area contributed by atoms with Crippen molar-refractivity contribution >= 4 is 21.8 Å². The van der Waals surface area contributed by atoms with Crippen LogP contribution in [0.15, 0.2) is 91.0 Å². The highest BCUT2D eigenvalue weighted by atomic mass is 15.0. The molecule has 5 aromatic rings. The van der Waals surface area contributed by atoms with Crippen LogP contribution in [0.25, 0.3) is 38.6 Å². The SMILES string of the molecule is c1ccc2c(c1)-c1c(-n3c4ccccc4c4ccccc43)cccc1C21C2CC3C4CC5CC3C1C(C5)C4C2. The van der Waals surface area contributed by atoms with Gasteiger partial charge in [0.15, 0.2) is 0 Å². The van der Waals surface area contributed by atoms with Gasteiger partial charge < -0.3 is 4.57 Å². The van der Waals surface area contributed by atoms with Crippen LogP contribution in [-0.2, 0) is 5.41 Å². The molecule has 8 aliphatic carbocycles. The van der Waals surface area contributed by atoms with Crippen LogP contribution in [0.4, 0.5) is 0 Å². The van der Waals surface area contributed by atoms with E-state index in [1.54, 1.807) is 17.5 Å². The molecule has 7 fully saturated rings.